The third-order valence-corrected chi connectivity index (χ3v) is 5.46. The van der Waals surface area contributed by atoms with Crippen LogP contribution in [0.4, 0.5) is 0 Å². The minimum absolute atomic E-state index is 0.165. The average molecular weight is 230 g/mol. The summed E-state index contributed by atoms with van der Waals surface area (Å²) in [5.41, 5.74) is 0. The van der Waals surface area contributed by atoms with Gasteiger partial charge in [-0.05, 0) is 25.7 Å². The highest BCUT2D eigenvalue weighted by Crippen LogP contribution is 2.24. The summed E-state index contributed by atoms with van der Waals surface area (Å²) in [5.74, 6) is 0.228. The van der Waals surface area contributed by atoms with E-state index in [0.29, 0.717) is 19.6 Å². The van der Waals surface area contributed by atoms with Crippen molar-refractivity contribution in [2.45, 2.75) is 49.0 Å². The van der Waals surface area contributed by atoms with Crippen LogP contribution in [0, 0.1) is 0 Å². The maximum Gasteiger partial charge on any atom is 0.148 e. The number of carbonyl (C=O) groups is 1. The molecule has 4 heteroatoms. The van der Waals surface area contributed by atoms with Crippen molar-refractivity contribution < 1.29 is 13.7 Å². The summed E-state index contributed by atoms with van der Waals surface area (Å²) in [4.78, 5) is 11.7. The van der Waals surface area contributed by atoms with Crippen LogP contribution in [0.3, 0.4) is 0 Å². The lowest BCUT2D eigenvalue weighted by Crippen LogP contribution is -2.37. The number of Topliss-reactive ketones (excluding diaryl/α,β-unsaturated/α-hetero) is 1. The molecule has 0 aromatic carbocycles. The molecule has 0 radical (unpaired) electrons. The summed E-state index contributed by atoms with van der Waals surface area (Å²) in [6, 6.07) is 0. The molecular weight excluding hydrogens is 212 g/mol. The highest BCUT2D eigenvalue weighted by atomic mass is 32.2. The van der Waals surface area contributed by atoms with Crippen LogP contribution in [0.2, 0.25) is 0 Å². The Balaban J connectivity index is 1.95. The van der Waals surface area contributed by atoms with E-state index in [0.717, 1.165) is 32.1 Å². The Hall–Kier alpha value is -0.220. The molecule has 2 unspecified atom stereocenters. The summed E-state index contributed by atoms with van der Waals surface area (Å²) in [5, 5.41) is 0.0349. The SMILES string of the molecule is O=C1CCCCC1S(=O)C1CCOCC1. The van der Waals surface area contributed by atoms with Gasteiger partial charge in [-0.2, -0.15) is 0 Å². The number of ether oxygens (including phenoxy) is 1. The van der Waals surface area contributed by atoms with Crippen LogP contribution in [0.25, 0.3) is 0 Å². The number of carbonyl (C=O) groups excluding carboxylic acids is 1. The van der Waals surface area contributed by atoms with E-state index < -0.39 is 10.8 Å². The van der Waals surface area contributed by atoms with E-state index in [-0.39, 0.29) is 16.3 Å². The van der Waals surface area contributed by atoms with Crippen LogP contribution in [-0.2, 0) is 20.3 Å². The van der Waals surface area contributed by atoms with Crippen LogP contribution in [0.15, 0.2) is 0 Å². The van der Waals surface area contributed by atoms with E-state index >= 15 is 0 Å². The van der Waals surface area contributed by atoms with Gasteiger partial charge in [0.05, 0.1) is 5.25 Å². The Bertz CT molecular complexity index is 259. The van der Waals surface area contributed by atoms with Gasteiger partial charge in [-0.25, -0.2) is 0 Å². The van der Waals surface area contributed by atoms with Crippen LogP contribution < -0.4 is 0 Å². The van der Waals surface area contributed by atoms with Crippen molar-refractivity contribution >= 4 is 16.6 Å². The van der Waals surface area contributed by atoms with Gasteiger partial charge in [0.25, 0.3) is 0 Å². The fourth-order valence-corrected chi connectivity index (χ4v) is 4.23. The first-order valence-corrected chi connectivity index (χ1v) is 7.06. The molecule has 3 nitrogen and oxygen atoms in total. The van der Waals surface area contributed by atoms with Gasteiger partial charge in [0.1, 0.15) is 5.78 Å². The van der Waals surface area contributed by atoms with Gasteiger partial charge in [-0.1, -0.05) is 6.42 Å². The smallest absolute Gasteiger partial charge is 0.148 e. The summed E-state index contributed by atoms with van der Waals surface area (Å²) in [6.07, 6.45) is 5.24. The predicted octanol–water partition coefficient (Wildman–Crippen LogP) is 1.43. The molecule has 2 fully saturated rings. The summed E-state index contributed by atoms with van der Waals surface area (Å²) in [6.45, 7) is 1.41. The monoisotopic (exact) mass is 230 g/mol. The standard InChI is InChI=1S/C11H18O3S/c12-10-3-1-2-4-11(10)15(13)9-5-7-14-8-6-9/h9,11H,1-8H2. The Morgan fingerprint density at radius 1 is 1.13 bits per heavy atom. The quantitative estimate of drug-likeness (QED) is 0.720. The molecule has 0 amide bonds. The fraction of sp³-hybridized carbons (Fsp3) is 0.909. The van der Waals surface area contributed by atoms with Gasteiger partial charge in [-0.15, -0.1) is 0 Å². The molecular formula is C11H18O3S. The maximum absolute atomic E-state index is 12.2. The molecule has 1 heterocycles. The first-order chi connectivity index (χ1) is 7.29. The van der Waals surface area contributed by atoms with Crippen LogP contribution in [0.1, 0.15) is 38.5 Å². The zero-order valence-electron chi connectivity index (χ0n) is 8.94. The molecule has 1 saturated carbocycles. The van der Waals surface area contributed by atoms with Crippen LogP contribution >= 0.6 is 0 Å². The van der Waals surface area contributed by atoms with E-state index in [4.69, 9.17) is 4.74 Å². The topological polar surface area (TPSA) is 43.4 Å². The van der Waals surface area contributed by atoms with E-state index in [9.17, 15) is 9.00 Å². The van der Waals surface area contributed by atoms with Gasteiger partial charge in [-0.3, -0.25) is 9.00 Å². The molecule has 0 spiro atoms. The van der Waals surface area contributed by atoms with Crippen LogP contribution in [0.5, 0.6) is 0 Å². The Morgan fingerprint density at radius 3 is 2.53 bits per heavy atom. The third kappa shape index (κ3) is 2.67. The second-order valence-electron chi connectivity index (χ2n) is 4.34. The van der Waals surface area contributed by atoms with Crippen molar-refractivity contribution in [3.63, 3.8) is 0 Å². The first-order valence-electron chi connectivity index (χ1n) is 5.79. The lowest BCUT2D eigenvalue weighted by atomic mass is 9.99. The lowest BCUT2D eigenvalue weighted by Gasteiger charge is -2.27. The summed E-state index contributed by atoms with van der Waals surface area (Å²) >= 11 is 0. The number of hydrogen-bond donors (Lipinski definition) is 0. The first kappa shape index (κ1) is 11.3. The highest BCUT2D eigenvalue weighted by Gasteiger charge is 2.32. The van der Waals surface area contributed by atoms with E-state index in [1.165, 1.54) is 0 Å². The molecule has 0 bridgehead atoms. The molecule has 0 aromatic heterocycles. The van der Waals surface area contributed by atoms with Gasteiger partial charge in [0.2, 0.25) is 0 Å². The van der Waals surface area contributed by atoms with Crippen molar-refractivity contribution in [3.05, 3.63) is 0 Å². The van der Waals surface area contributed by atoms with Gasteiger partial charge < -0.3 is 4.74 Å². The average Bonchev–Trinajstić information content (AvgIpc) is 2.30. The predicted molar refractivity (Wildman–Crippen MR) is 59.2 cm³/mol. The second-order valence-corrected chi connectivity index (χ2v) is 6.23. The van der Waals surface area contributed by atoms with Crippen molar-refractivity contribution in [1.29, 1.82) is 0 Å². The Kier molecular flexibility index (Phi) is 3.92. The molecule has 0 aromatic rings. The van der Waals surface area contributed by atoms with E-state index in [1.807, 2.05) is 0 Å². The molecule has 2 atom stereocenters. The van der Waals surface area contributed by atoms with Gasteiger partial charge in [0, 0.05) is 35.7 Å². The summed E-state index contributed by atoms with van der Waals surface area (Å²) in [7, 11) is -0.953. The maximum atomic E-state index is 12.2. The van der Waals surface area contributed by atoms with E-state index in [1.54, 1.807) is 0 Å². The molecule has 1 aliphatic carbocycles. The van der Waals surface area contributed by atoms with Crippen LogP contribution in [-0.4, -0.2) is 33.7 Å². The number of hydrogen-bond acceptors (Lipinski definition) is 3. The minimum Gasteiger partial charge on any atom is -0.381 e. The molecule has 1 aliphatic heterocycles. The largest absolute Gasteiger partial charge is 0.381 e. The Morgan fingerprint density at radius 2 is 1.87 bits per heavy atom. The molecule has 15 heavy (non-hydrogen) atoms. The van der Waals surface area contributed by atoms with E-state index in [2.05, 4.69) is 0 Å². The zero-order chi connectivity index (χ0) is 10.7. The number of rotatable bonds is 2. The molecule has 0 N–H and O–H groups in total. The highest BCUT2D eigenvalue weighted by molar-refractivity contribution is 7.87. The van der Waals surface area contributed by atoms with Crippen molar-refractivity contribution in [2.24, 2.45) is 0 Å². The Labute approximate surface area is 93.0 Å². The minimum atomic E-state index is -0.953. The summed E-state index contributed by atoms with van der Waals surface area (Å²) < 4.78 is 17.4. The molecule has 2 rings (SSSR count). The molecule has 86 valence electrons. The van der Waals surface area contributed by atoms with Crippen molar-refractivity contribution in [2.75, 3.05) is 13.2 Å². The van der Waals surface area contributed by atoms with Gasteiger partial charge in [0.15, 0.2) is 0 Å². The zero-order valence-corrected chi connectivity index (χ0v) is 9.76. The van der Waals surface area contributed by atoms with Gasteiger partial charge >= 0.3 is 0 Å². The normalized spacial score (nSPS) is 31.5. The van der Waals surface area contributed by atoms with Crippen molar-refractivity contribution in [3.8, 4) is 0 Å². The molecule has 2 aliphatic rings. The van der Waals surface area contributed by atoms with Crippen molar-refractivity contribution in [1.82, 2.24) is 0 Å². The number of ketones is 1. The fourth-order valence-electron chi connectivity index (χ4n) is 2.34. The molecule has 1 saturated heterocycles. The third-order valence-electron chi connectivity index (χ3n) is 3.28. The second kappa shape index (κ2) is 5.21. The lowest BCUT2D eigenvalue weighted by molar-refractivity contribution is -0.119.